The van der Waals surface area contributed by atoms with Crippen molar-refractivity contribution in [2.75, 3.05) is 4.90 Å². The number of hydrogen-bond donors (Lipinski definition) is 0. The van der Waals surface area contributed by atoms with E-state index in [1.165, 1.54) is 44.7 Å². The first-order valence-electron chi connectivity index (χ1n) is 23.7. The zero-order valence-electron chi connectivity index (χ0n) is 38.2. The minimum absolute atomic E-state index is 0.140. The van der Waals surface area contributed by atoms with Crippen molar-refractivity contribution in [3.8, 4) is 51.7 Å². The molecule has 3 heterocycles. The monoisotopic (exact) mass is 885 g/mol. The summed E-state index contributed by atoms with van der Waals surface area (Å²) >= 11 is 0. The molecule has 5 heteroatoms. The third kappa shape index (κ3) is 7.44. The van der Waals surface area contributed by atoms with Crippen molar-refractivity contribution in [3.05, 3.63) is 253 Å². The summed E-state index contributed by atoms with van der Waals surface area (Å²) in [7, 11) is 0. The fourth-order valence-corrected chi connectivity index (χ4v) is 10.5. The van der Waals surface area contributed by atoms with Crippen molar-refractivity contribution in [1.82, 2.24) is 19.5 Å². The van der Waals surface area contributed by atoms with Gasteiger partial charge in [-0.1, -0.05) is 183 Å². The maximum Gasteiger partial charge on any atom is 0.164 e. The van der Waals surface area contributed by atoms with Crippen molar-refractivity contribution < 1.29 is 0 Å². The van der Waals surface area contributed by atoms with Gasteiger partial charge in [0.15, 0.2) is 17.5 Å². The van der Waals surface area contributed by atoms with Crippen LogP contribution in [0.1, 0.15) is 58.7 Å². The molecule has 0 saturated heterocycles. The normalized spacial score (nSPS) is 15.8. The van der Waals surface area contributed by atoms with Gasteiger partial charge in [0.2, 0.25) is 0 Å². The molecule has 1 atom stereocenters. The van der Waals surface area contributed by atoms with Crippen LogP contribution in [0.15, 0.2) is 219 Å². The van der Waals surface area contributed by atoms with E-state index in [1.807, 2.05) is 36.4 Å². The van der Waals surface area contributed by atoms with E-state index in [1.54, 1.807) is 0 Å². The summed E-state index contributed by atoms with van der Waals surface area (Å²) in [5.74, 6) is 8.60. The Balaban J connectivity index is 1.11. The first kappa shape index (κ1) is 41.6. The van der Waals surface area contributed by atoms with Crippen LogP contribution in [0.2, 0.25) is 0 Å². The lowest BCUT2D eigenvalue weighted by molar-refractivity contribution is 0.760. The molecule has 0 bridgehead atoms. The molecule has 2 aromatic heterocycles. The number of benzene rings is 6. The smallest absolute Gasteiger partial charge is 0.164 e. The maximum atomic E-state index is 5.32. The van der Waals surface area contributed by atoms with E-state index < -0.39 is 0 Å². The molecular formula is C64H47N5. The first-order chi connectivity index (χ1) is 34.1. The van der Waals surface area contributed by atoms with Gasteiger partial charge in [0, 0.05) is 80.3 Å². The van der Waals surface area contributed by atoms with Crippen molar-refractivity contribution in [3.63, 3.8) is 0 Å². The van der Waals surface area contributed by atoms with Crippen molar-refractivity contribution in [2.45, 2.75) is 31.6 Å². The number of aromatic nitrogens is 4. The van der Waals surface area contributed by atoms with E-state index in [4.69, 9.17) is 15.0 Å². The highest BCUT2D eigenvalue weighted by atomic mass is 15.2. The molecule has 12 rings (SSSR count). The quantitative estimate of drug-likeness (QED) is 0.101. The van der Waals surface area contributed by atoms with Crippen molar-refractivity contribution >= 4 is 45.1 Å². The number of hydrogen-bond acceptors (Lipinski definition) is 4. The summed E-state index contributed by atoms with van der Waals surface area (Å²) in [4.78, 5) is 18.2. The number of nitrogens with zero attached hydrogens (tertiary/aromatic N) is 5. The molecule has 0 N–H and O–H groups in total. The predicted octanol–water partition coefficient (Wildman–Crippen LogP) is 15.5. The molecule has 6 aromatic carbocycles. The standard InChI is InChI=1S/C64H47N5/c1-3-22-43(4-2)53-39-49(64-66-62(47-27-14-8-15-28-47)65-63(67-64)48-37-35-45(36-38-48)44-23-12-7-13-24-44)40-54(46-25-10-5-6-11-26-46)61(53)69-58-34-21-19-32-52(58)56-41-59-55(42-60(56)69)51-31-18-20-33-57(51)68(59)50-29-16-9-17-30-50/h3-5,8-10,12,14-25,27-41,55H,1-2,7,13,26,42H2/b43-22+. The maximum absolute atomic E-state index is 5.32. The molecule has 69 heavy (non-hydrogen) atoms. The second kappa shape index (κ2) is 17.8. The zero-order valence-corrected chi connectivity index (χ0v) is 38.2. The summed E-state index contributed by atoms with van der Waals surface area (Å²) in [6.07, 6.45) is 24.7. The molecule has 4 aliphatic rings. The second-order valence-corrected chi connectivity index (χ2v) is 17.7. The van der Waals surface area contributed by atoms with Gasteiger partial charge in [0.05, 0.1) is 11.2 Å². The number of para-hydroxylation sites is 3. The zero-order chi connectivity index (χ0) is 46.3. The molecular weight excluding hydrogens is 839 g/mol. The Morgan fingerprint density at radius 2 is 1.42 bits per heavy atom. The molecule has 1 aliphatic heterocycles. The van der Waals surface area contributed by atoms with Gasteiger partial charge in [-0.15, -0.1) is 0 Å². The van der Waals surface area contributed by atoms with Gasteiger partial charge in [-0.3, -0.25) is 0 Å². The van der Waals surface area contributed by atoms with Gasteiger partial charge in [0.25, 0.3) is 0 Å². The number of anilines is 2. The molecule has 1 unspecified atom stereocenters. The van der Waals surface area contributed by atoms with E-state index in [9.17, 15) is 0 Å². The number of fused-ring (bicyclic) bond motifs is 6. The van der Waals surface area contributed by atoms with E-state index in [-0.39, 0.29) is 5.92 Å². The number of allylic oxidation sites excluding steroid dienone is 13. The Morgan fingerprint density at radius 1 is 0.710 bits per heavy atom. The topological polar surface area (TPSA) is 46.8 Å². The van der Waals surface area contributed by atoms with E-state index >= 15 is 0 Å². The summed E-state index contributed by atoms with van der Waals surface area (Å²) in [5, 5.41) is 1.20. The highest BCUT2D eigenvalue weighted by molar-refractivity contribution is 5.99. The van der Waals surface area contributed by atoms with Gasteiger partial charge in [-0.2, -0.15) is 0 Å². The summed E-state index contributed by atoms with van der Waals surface area (Å²) in [6.45, 7) is 8.59. The van der Waals surface area contributed by atoms with Crippen LogP contribution in [-0.2, 0) is 6.42 Å². The SMILES string of the molecule is C=C/C=C(\C=C)c1cc(-c2nc(-c3ccccc3)nc(-c3ccc(C4=CCCC=C4)cc3)n2)cc(C2=CC=CC#CC2)c1-n1c2c(c3ccccc31)C=C1C(C2)c2ccccc2N1c1ccccc1. The van der Waals surface area contributed by atoms with Crippen LogP contribution in [-0.4, -0.2) is 19.5 Å². The third-order valence-electron chi connectivity index (χ3n) is 13.7. The first-order valence-corrected chi connectivity index (χ1v) is 23.7. The van der Waals surface area contributed by atoms with Crippen LogP contribution < -0.4 is 4.90 Å². The lowest BCUT2D eigenvalue weighted by Gasteiger charge is -2.28. The average molecular weight is 886 g/mol. The largest absolute Gasteiger partial charge is 0.313 e. The Hall–Kier alpha value is -8.85. The van der Waals surface area contributed by atoms with E-state index in [2.05, 4.69) is 204 Å². The van der Waals surface area contributed by atoms with Crippen LogP contribution in [0.3, 0.4) is 0 Å². The van der Waals surface area contributed by atoms with Gasteiger partial charge >= 0.3 is 0 Å². The predicted molar refractivity (Wildman–Crippen MR) is 287 cm³/mol. The fraction of sp³-hybridized carbons (Fsp3) is 0.0781. The molecule has 5 nitrogen and oxygen atoms in total. The fourth-order valence-electron chi connectivity index (χ4n) is 10.5. The van der Waals surface area contributed by atoms with Gasteiger partial charge in [0.1, 0.15) is 0 Å². The van der Waals surface area contributed by atoms with Crippen LogP contribution in [0.4, 0.5) is 11.4 Å². The summed E-state index contributed by atoms with van der Waals surface area (Å²) < 4.78 is 2.52. The van der Waals surface area contributed by atoms with Crippen LogP contribution >= 0.6 is 0 Å². The molecule has 0 radical (unpaired) electrons. The van der Waals surface area contributed by atoms with Crippen LogP contribution in [0, 0.1) is 11.8 Å². The Kier molecular flexibility index (Phi) is 10.7. The lowest BCUT2D eigenvalue weighted by atomic mass is 9.86. The molecule has 8 aromatic rings. The van der Waals surface area contributed by atoms with E-state index in [0.29, 0.717) is 23.9 Å². The lowest BCUT2D eigenvalue weighted by Crippen LogP contribution is -2.19. The van der Waals surface area contributed by atoms with E-state index in [0.717, 1.165) is 75.1 Å². The Bertz CT molecular complexity index is 3640. The minimum Gasteiger partial charge on any atom is -0.313 e. The molecule has 0 amide bonds. The Morgan fingerprint density at radius 3 is 2.19 bits per heavy atom. The van der Waals surface area contributed by atoms with Gasteiger partial charge in [-0.25, -0.2) is 15.0 Å². The molecule has 0 fully saturated rings. The Labute approximate surface area is 403 Å². The average Bonchev–Trinajstić information content (AvgIpc) is 3.75. The molecule has 3 aliphatic carbocycles. The van der Waals surface area contributed by atoms with Gasteiger partial charge in [-0.05, 0) is 89.2 Å². The van der Waals surface area contributed by atoms with Crippen LogP contribution in [0.25, 0.3) is 73.5 Å². The highest BCUT2D eigenvalue weighted by Crippen LogP contribution is 2.54. The third-order valence-corrected chi connectivity index (χ3v) is 13.7. The highest BCUT2D eigenvalue weighted by Gasteiger charge is 2.39. The second-order valence-electron chi connectivity index (χ2n) is 17.7. The van der Waals surface area contributed by atoms with Gasteiger partial charge < -0.3 is 9.47 Å². The van der Waals surface area contributed by atoms with Crippen LogP contribution in [0.5, 0.6) is 0 Å². The summed E-state index contributed by atoms with van der Waals surface area (Å²) in [6, 6.07) is 51.7. The summed E-state index contributed by atoms with van der Waals surface area (Å²) in [5.41, 5.74) is 18.8. The molecule has 0 saturated carbocycles. The minimum atomic E-state index is 0.140. The number of rotatable bonds is 10. The molecule has 328 valence electrons. The van der Waals surface area contributed by atoms with Crippen molar-refractivity contribution in [1.29, 1.82) is 0 Å². The molecule has 0 spiro atoms. The van der Waals surface area contributed by atoms with Crippen molar-refractivity contribution in [2.24, 2.45) is 0 Å².